The van der Waals surface area contributed by atoms with E-state index in [2.05, 4.69) is 15.8 Å². The van der Waals surface area contributed by atoms with E-state index in [0.29, 0.717) is 22.7 Å². The zero-order valence-electron chi connectivity index (χ0n) is 15.2. The maximum absolute atomic E-state index is 12.2. The number of amides is 2. The number of nitrogens with zero attached hydrogens (tertiary/aromatic N) is 1. The molecule has 1 saturated carbocycles. The molecular formula is C20H21N3O4. The first kappa shape index (κ1) is 18.4. The van der Waals surface area contributed by atoms with Crippen LogP contribution in [0.15, 0.2) is 47.6 Å². The third-order valence-corrected chi connectivity index (χ3v) is 4.15. The number of hydrazone groups is 1. The van der Waals surface area contributed by atoms with E-state index in [9.17, 15) is 9.59 Å². The number of hydrogen-bond donors (Lipinski definition) is 2. The van der Waals surface area contributed by atoms with Crippen molar-refractivity contribution in [1.29, 1.82) is 0 Å². The number of nitrogens with one attached hydrogen (secondary N) is 2. The molecule has 0 unspecified atom stereocenters. The molecule has 2 aromatic carbocycles. The molecule has 7 heteroatoms. The Hall–Kier alpha value is -3.35. The van der Waals surface area contributed by atoms with Gasteiger partial charge < -0.3 is 14.8 Å². The zero-order valence-corrected chi connectivity index (χ0v) is 15.2. The third-order valence-electron chi connectivity index (χ3n) is 4.15. The summed E-state index contributed by atoms with van der Waals surface area (Å²) < 4.78 is 10.4. The Balaban J connectivity index is 1.56. The lowest BCUT2D eigenvalue weighted by Gasteiger charge is -2.07. The molecule has 2 amide bonds. The average Bonchev–Trinajstić information content (AvgIpc) is 3.53. The molecule has 140 valence electrons. The second-order valence-electron chi connectivity index (χ2n) is 6.15. The number of hydrogen-bond acceptors (Lipinski definition) is 5. The molecule has 0 aliphatic heterocycles. The van der Waals surface area contributed by atoms with Crippen molar-refractivity contribution < 1.29 is 19.1 Å². The third kappa shape index (κ3) is 4.84. The maximum Gasteiger partial charge on any atom is 0.271 e. The van der Waals surface area contributed by atoms with Gasteiger partial charge in [-0.15, -0.1) is 0 Å². The van der Waals surface area contributed by atoms with Crippen molar-refractivity contribution in [3.05, 3.63) is 53.6 Å². The first-order valence-corrected chi connectivity index (χ1v) is 8.57. The van der Waals surface area contributed by atoms with Gasteiger partial charge in [0.2, 0.25) is 5.91 Å². The molecule has 0 atom stereocenters. The van der Waals surface area contributed by atoms with E-state index >= 15 is 0 Å². The Morgan fingerprint density at radius 1 is 1.04 bits per heavy atom. The van der Waals surface area contributed by atoms with Gasteiger partial charge in [0.1, 0.15) is 0 Å². The predicted molar refractivity (Wildman–Crippen MR) is 102 cm³/mol. The minimum atomic E-state index is -0.341. The minimum absolute atomic E-state index is 0.0340. The lowest BCUT2D eigenvalue weighted by atomic mass is 10.2. The molecule has 0 bridgehead atoms. The molecule has 7 nitrogen and oxygen atoms in total. The Morgan fingerprint density at radius 2 is 1.74 bits per heavy atom. The Labute approximate surface area is 157 Å². The summed E-state index contributed by atoms with van der Waals surface area (Å²) in [4.78, 5) is 23.9. The predicted octanol–water partition coefficient (Wildman–Crippen LogP) is 2.82. The number of carbonyl (C=O) groups is 2. The molecule has 2 N–H and O–H groups in total. The first-order valence-electron chi connectivity index (χ1n) is 8.57. The second-order valence-corrected chi connectivity index (χ2v) is 6.15. The molecule has 1 aliphatic rings. The minimum Gasteiger partial charge on any atom is -0.493 e. The molecule has 0 radical (unpaired) electrons. The van der Waals surface area contributed by atoms with Crippen molar-refractivity contribution in [1.82, 2.24) is 5.43 Å². The standard InChI is InChI=1S/C20H21N3O4/c1-26-17-10-3-13(11-18(17)27-2)12-21-23-20(25)15-6-8-16(9-7-15)22-19(24)14-4-5-14/h3,6-12,14H,4-5H2,1-2H3,(H,22,24)(H,23,25). The van der Waals surface area contributed by atoms with E-state index in [4.69, 9.17) is 9.47 Å². The largest absolute Gasteiger partial charge is 0.493 e. The van der Waals surface area contributed by atoms with Gasteiger partial charge >= 0.3 is 0 Å². The fourth-order valence-electron chi connectivity index (χ4n) is 2.46. The number of rotatable bonds is 7. The van der Waals surface area contributed by atoms with Crippen molar-refractivity contribution in [2.45, 2.75) is 12.8 Å². The Morgan fingerprint density at radius 3 is 2.37 bits per heavy atom. The number of methoxy groups -OCH3 is 2. The summed E-state index contributed by atoms with van der Waals surface area (Å²) in [5.41, 5.74) is 4.35. The SMILES string of the molecule is COc1ccc(C=NNC(=O)c2ccc(NC(=O)C3CC3)cc2)cc1OC. The van der Waals surface area contributed by atoms with Crippen LogP contribution in [-0.4, -0.2) is 32.2 Å². The van der Waals surface area contributed by atoms with Crippen LogP contribution in [0.3, 0.4) is 0 Å². The summed E-state index contributed by atoms with van der Waals surface area (Å²) in [6, 6.07) is 12.0. The van der Waals surface area contributed by atoms with Gasteiger partial charge in [0.25, 0.3) is 5.91 Å². The molecule has 0 heterocycles. The highest BCUT2D eigenvalue weighted by atomic mass is 16.5. The maximum atomic E-state index is 12.2. The van der Waals surface area contributed by atoms with Crippen LogP contribution in [0, 0.1) is 5.92 Å². The second kappa shape index (κ2) is 8.35. The van der Waals surface area contributed by atoms with E-state index < -0.39 is 0 Å². The van der Waals surface area contributed by atoms with E-state index in [1.807, 2.05) is 0 Å². The van der Waals surface area contributed by atoms with Gasteiger partial charge in [-0.2, -0.15) is 5.10 Å². The van der Waals surface area contributed by atoms with E-state index in [-0.39, 0.29) is 17.7 Å². The zero-order chi connectivity index (χ0) is 19.2. The molecule has 2 aromatic rings. The topological polar surface area (TPSA) is 89.0 Å². The summed E-state index contributed by atoms with van der Waals surface area (Å²) in [5, 5.41) is 6.79. The van der Waals surface area contributed by atoms with Gasteiger partial charge in [-0.1, -0.05) is 0 Å². The summed E-state index contributed by atoms with van der Waals surface area (Å²) >= 11 is 0. The summed E-state index contributed by atoms with van der Waals surface area (Å²) in [5.74, 6) is 1.03. The van der Waals surface area contributed by atoms with Crippen molar-refractivity contribution in [2.75, 3.05) is 19.5 Å². The van der Waals surface area contributed by atoms with Crippen LogP contribution < -0.4 is 20.2 Å². The summed E-state index contributed by atoms with van der Waals surface area (Å²) in [6.45, 7) is 0. The van der Waals surface area contributed by atoms with Gasteiger partial charge in [0.15, 0.2) is 11.5 Å². The van der Waals surface area contributed by atoms with Crippen molar-refractivity contribution in [3.63, 3.8) is 0 Å². The molecule has 0 spiro atoms. The van der Waals surface area contributed by atoms with Gasteiger partial charge in [-0.25, -0.2) is 5.43 Å². The molecular weight excluding hydrogens is 346 g/mol. The average molecular weight is 367 g/mol. The molecule has 0 aromatic heterocycles. The molecule has 1 fully saturated rings. The number of benzene rings is 2. The van der Waals surface area contributed by atoms with Crippen LogP contribution in [0.1, 0.15) is 28.8 Å². The molecule has 0 saturated heterocycles. The summed E-state index contributed by atoms with van der Waals surface area (Å²) in [7, 11) is 3.12. The fourth-order valence-corrected chi connectivity index (χ4v) is 2.46. The number of ether oxygens (including phenoxy) is 2. The highest BCUT2D eigenvalue weighted by Gasteiger charge is 2.29. The van der Waals surface area contributed by atoms with Crippen LogP contribution in [0.2, 0.25) is 0 Å². The van der Waals surface area contributed by atoms with Crippen LogP contribution in [-0.2, 0) is 4.79 Å². The Bertz CT molecular complexity index is 858. The van der Waals surface area contributed by atoms with E-state index in [0.717, 1.165) is 18.4 Å². The van der Waals surface area contributed by atoms with Crippen LogP contribution in [0.25, 0.3) is 0 Å². The fraction of sp³-hybridized carbons (Fsp3) is 0.250. The van der Waals surface area contributed by atoms with Crippen LogP contribution in [0.5, 0.6) is 11.5 Å². The number of carbonyl (C=O) groups excluding carboxylic acids is 2. The number of anilines is 1. The highest BCUT2D eigenvalue weighted by molar-refractivity contribution is 5.97. The molecule has 3 rings (SSSR count). The molecule has 1 aliphatic carbocycles. The van der Waals surface area contributed by atoms with Gasteiger partial charge in [-0.3, -0.25) is 9.59 Å². The van der Waals surface area contributed by atoms with Crippen molar-refractivity contribution in [2.24, 2.45) is 11.0 Å². The van der Waals surface area contributed by atoms with Crippen molar-refractivity contribution >= 4 is 23.7 Å². The summed E-state index contributed by atoms with van der Waals surface area (Å²) in [6.07, 6.45) is 3.42. The molecule has 27 heavy (non-hydrogen) atoms. The van der Waals surface area contributed by atoms with Crippen LogP contribution in [0.4, 0.5) is 5.69 Å². The van der Waals surface area contributed by atoms with Gasteiger partial charge in [-0.05, 0) is 60.9 Å². The normalized spacial score (nSPS) is 13.3. The van der Waals surface area contributed by atoms with Gasteiger partial charge in [0.05, 0.1) is 20.4 Å². The Kier molecular flexibility index (Phi) is 5.71. The van der Waals surface area contributed by atoms with Gasteiger partial charge in [0, 0.05) is 17.2 Å². The van der Waals surface area contributed by atoms with Crippen LogP contribution >= 0.6 is 0 Å². The highest BCUT2D eigenvalue weighted by Crippen LogP contribution is 2.30. The van der Waals surface area contributed by atoms with Crippen molar-refractivity contribution in [3.8, 4) is 11.5 Å². The van der Waals surface area contributed by atoms with E-state index in [1.54, 1.807) is 56.7 Å². The van der Waals surface area contributed by atoms with E-state index in [1.165, 1.54) is 6.21 Å². The first-order chi connectivity index (χ1) is 13.1. The monoisotopic (exact) mass is 367 g/mol. The quantitative estimate of drug-likeness (QED) is 0.582. The smallest absolute Gasteiger partial charge is 0.271 e. The lowest BCUT2D eigenvalue weighted by Crippen LogP contribution is -2.18. The lowest BCUT2D eigenvalue weighted by molar-refractivity contribution is -0.117.